The highest BCUT2D eigenvalue weighted by molar-refractivity contribution is 9.10. The molecular weight excluding hydrogens is 339 g/mol. The third kappa shape index (κ3) is 3.55. The largest absolute Gasteiger partial charge is 0.389 e. The Morgan fingerprint density at radius 1 is 1.30 bits per heavy atom. The van der Waals surface area contributed by atoms with E-state index in [1.54, 1.807) is 6.07 Å². The molecule has 1 atom stereocenters. The van der Waals surface area contributed by atoms with Crippen molar-refractivity contribution >= 4 is 38.8 Å². The van der Waals surface area contributed by atoms with Gasteiger partial charge in [-0.3, -0.25) is 0 Å². The average molecular weight is 353 g/mol. The van der Waals surface area contributed by atoms with Gasteiger partial charge in [-0.2, -0.15) is 0 Å². The summed E-state index contributed by atoms with van der Waals surface area (Å²) in [5.41, 5.74) is 8.19. The lowest BCUT2D eigenvalue weighted by Crippen LogP contribution is -2.15. The molecule has 0 heterocycles. The summed E-state index contributed by atoms with van der Waals surface area (Å²) in [5.74, 6) is -0.249. The van der Waals surface area contributed by atoms with Gasteiger partial charge in [0.15, 0.2) is 0 Å². The Morgan fingerprint density at radius 3 is 2.70 bits per heavy atom. The second-order valence-electron chi connectivity index (χ2n) is 4.48. The topological polar surface area (TPSA) is 38.0 Å². The van der Waals surface area contributed by atoms with Crippen molar-refractivity contribution in [2.45, 2.75) is 13.0 Å². The van der Waals surface area contributed by atoms with Crippen LogP contribution in [0.2, 0.25) is 0 Å². The fourth-order valence-corrected chi connectivity index (χ4v) is 2.47. The third-order valence-corrected chi connectivity index (χ3v) is 3.68. The van der Waals surface area contributed by atoms with Crippen LogP contribution in [-0.2, 0) is 0 Å². The van der Waals surface area contributed by atoms with E-state index in [0.717, 1.165) is 21.3 Å². The molecule has 104 valence electrons. The molecule has 0 radical (unpaired) electrons. The molecule has 0 spiro atoms. The van der Waals surface area contributed by atoms with Crippen molar-refractivity contribution in [3.8, 4) is 0 Å². The zero-order valence-electron chi connectivity index (χ0n) is 10.9. The summed E-state index contributed by atoms with van der Waals surface area (Å²) in [4.78, 5) is 0.320. The highest BCUT2D eigenvalue weighted by Crippen LogP contribution is 2.25. The zero-order chi connectivity index (χ0) is 14.7. The van der Waals surface area contributed by atoms with E-state index in [1.807, 2.05) is 31.2 Å². The van der Waals surface area contributed by atoms with Gasteiger partial charge >= 0.3 is 0 Å². The van der Waals surface area contributed by atoms with E-state index >= 15 is 0 Å². The first-order chi connectivity index (χ1) is 9.47. The number of halogens is 2. The van der Waals surface area contributed by atoms with E-state index in [-0.39, 0.29) is 11.9 Å². The van der Waals surface area contributed by atoms with E-state index < -0.39 is 0 Å². The SMILES string of the molecule is CC(Nc1ccc(Br)cc1C(N)=S)c1cccc(F)c1. The molecule has 0 amide bonds. The first-order valence-corrected chi connectivity index (χ1v) is 7.29. The monoisotopic (exact) mass is 352 g/mol. The Kier molecular flexibility index (Phi) is 4.73. The molecule has 2 aromatic rings. The van der Waals surface area contributed by atoms with Crippen LogP contribution >= 0.6 is 28.1 Å². The molecule has 0 fully saturated rings. The van der Waals surface area contributed by atoms with Gasteiger partial charge in [0.05, 0.1) is 0 Å². The van der Waals surface area contributed by atoms with Crippen LogP contribution in [0.5, 0.6) is 0 Å². The average Bonchev–Trinajstić information content (AvgIpc) is 2.40. The van der Waals surface area contributed by atoms with Gasteiger partial charge in [0, 0.05) is 21.8 Å². The number of nitrogens with one attached hydrogen (secondary N) is 1. The summed E-state index contributed by atoms with van der Waals surface area (Å²) >= 11 is 8.45. The predicted molar refractivity (Wildman–Crippen MR) is 88.5 cm³/mol. The fraction of sp³-hybridized carbons (Fsp3) is 0.133. The van der Waals surface area contributed by atoms with E-state index in [9.17, 15) is 4.39 Å². The maximum Gasteiger partial charge on any atom is 0.123 e. The van der Waals surface area contributed by atoms with Crippen molar-refractivity contribution in [3.05, 3.63) is 63.9 Å². The van der Waals surface area contributed by atoms with Crippen LogP contribution in [-0.4, -0.2) is 4.99 Å². The number of benzene rings is 2. The lowest BCUT2D eigenvalue weighted by atomic mass is 10.1. The minimum atomic E-state index is -0.249. The standard InChI is InChI=1S/C15H14BrFN2S/c1-9(10-3-2-4-12(17)7-10)19-14-6-5-11(16)8-13(14)15(18)20/h2-9,19H,1H3,(H2,18,20). The number of hydrogen-bond acceptors (Lipinski definition) is 2. The Balaban J connectivity index is 2.28. The van der Waals surface area contributed by atoms with E-state index in [1.165, 1.54) is 12.1 Å². The molecular formula is C15H14BrFN2S. The van der Waals surface area contributed by atoms with E-state index in [2.05, 4.69) is 21.2 Å². The number of hydrogen-bond donors (Lipinski definition) is 2. The predicted octanol–water partition coefficient (Wildman–Crippen LogP) is 4.40. The molecule has 2 nitrogen and oxygen atoms in total. The molecule has 2 rings (SSSR count). The Hall–Kier alpha value is -1.46. The summed E-state index contributed by atoms with van der Waals surface area (Å²) < 4.78 is 14.2. The van der Waals surface area contributed by atoms with E-state index in [0.29, 0.717) is 4.99 Å². The van der Waals surface area contributed by atoms with Crippen LogP contribution < -0.4 is 11.1 Å². The minimum absolute atomic E-state index is 0.0556. The van der Waals surface area contributed by atoms with Gasteiger partial charge in [0.1, 0.15) is 10.8 Å². The molecule has 0 aliphatic carbocycles. The second-order valence-corrected chi connectivity index (χ2v) is 5.83. The lowest BCUT2D eigenvalue weighted by Gasteiger charge is -2.18. The van der Waals surface area contributed by atoms with Crippen LogP contribution in [0.15, 0.2) is 46.9 Å². The molecule has 20 heavy (non-hydrogen) atoms. The van der Waals surface area contributed by atoms with Crippen LogP contribution in [0.4, 0.5) is 10.1 Å². The molecule has 3 N–H and O–H groups in total. The van der Waals surface area contributed by atoms with Gasteiger partial charge in [0.25, 0.3) is 0 Å². The summed E-state index contributed by atoms with van der Waals surface area (Å²) in [6.07, 6.45) is 0. The first-order valence-electron chi connectivity index (χ1n) is 6.08. The van der Waals surface area contributed by atoms with Gasteiger partial charge in [0.2, 0.25) is 0 Å². The van der Waals surface area contributed by atoms with Crippen LogP contribution in [0.3, 0.4) is 0 Å². The molecule has 0 bridgehead atoms. The Morgan fingerprint density at radius 2 is 2.05 bits per heavy atom. The highest BCUT2D eigenvalue weighted by atomic mass is 79.9. The van der Waals surface area contributed by atoms with Crippen LogP contribution in [0.25, 0.3) is 0 Å². The minimum Gasteiger partial charge on any atom is -0.389 e. The smallest absolute Gasteiger partial charge is 0.123 e. The van der Waals surface area contributed by atoms with Crippen molar-refractivity contribution < 1.29 is 4.39 Å². The number of anilines is 1. The molecule has 5 heteroatoms. The number of thiocarbonyl (C=S) groups is 1. The van der Waals surface area contributed by atoms with Gasteiger partial charge in [-0.1, -0.05) is 40.3 Å². The normalized spacial score (nSPS) is 11.9. The van der Waals surface area contributed by atoms with Crippen molar-refractivity contribution in [1.82, 2.24) is 0 Å². The maximum absolute atomic E-state index is 13.3. The van der Waals surface area contributed by atoms with Gasteiger partial charge in [-0.25, -0.2) is 4.39 Å². The van der Waals surface area contributed by atoms with Crippen molar-refractivity contribution in [1.29, 1.82) is 0 Å². The van der Waals surface area contributed by atoms with Crippen molar-refractivity contribution in [2.24, 2.45) is 5.73 Å². The Bertz CT molecular complexity index is 646. The van der Waals surface area contributed by atoms with Crippen molar-refractivity contribution in [3.63, 3.8) is 0 Å². The van der Waals surface area contributed by atoms with Crippen LogP contribution in [0.1, 0.15) is 24.1 Å². The first kappa shape index (κ1) is 14.9. The van der Waals surface area contributed by atoms with Gasteiger partial charge < -0.3 is 11.1 Å². The molecule has 1 unspecified atom stereocenters. The maximum atomic E-state index is 13.3. The summed E-state index contributed by atoms with van der Waals surface area (Å²) in [6.45, 7) is 1.96. The fourth-order valence-electron chi connectivity index (χ4n) is 1.94. The zero-order valence-corrected chi connectivity index (χ0v) is 13.3. The summed E-state index contributed by atoms with van der Waals surface area (Å²) in [7, 11) is 0. The molecule has 2 aromatic carbocycles. The highest BCUT2D eigenvalue weighted by Gasteiger charge is 2.11. The molecule has 0 saturated carbocycles. The van der Waals surface area contributed by atoms with Crippen LogP contribution in [0, 0.1) is 5.82 Å². The number of rotatable bonds is 4. The summed E-state index contributed by atoms with van der Waals surface area (Å²) in [6, 6.07) is 12.1. The van der Waals surface area contributed by atoms with Gasteiger partial charge in [-0.15, -0.1) is 0 Å². The lowest BCUT2D eigenvalue weighted by molar-refractivity contribution is 0.623. The molecule has 0 saturated heterocycles. The molecule has 0 aromatic heterocycles. The molecule has 0 aliphatic heterocycles. The molecule has 0 aliphatic rings. The summed E-state index contributed by atoms with van der Waals surface area (Å²) in [5, 5.41) is 3.31. The van der Waals surface area contributed by atoms with Crippen molar-refractivity contribution in [2.75, 3.05) is 5.32 Å². The van der Waals surface area contributed by atoms with E-state index in [4.69, 9.17) is 18.0 Å². The second kappa shape index (κ2) is 6.33. The number of nitrogens with two attached hydrogens (primary N) is 1. The van der Waals surface area contributed by atoms with Gasteiger partial charge in [-0.05, 0) is 42.8 Å². The quantitative estimate of drug-likeness (QED) is 0.801. The Labute approximate surface area is 131 Å². The third-order valence-electron chi connectivity index (χ3n) is 2.97.